The first kappa shape index (κ1) is 16.2. The van der Waals surface area contributed by atoms with Crippen LogP contribution in [0.25, 0.3) is 0 Å². The number of aryl methyl sites for hydroxylation is 1. The van der Waals surface area contributed by atoms with Crippen molar-refractivity contribution in [1.82, 2.24) is 10.9 Å². The molecule has 0 saturated heterocycles. The maximum absolute atomic E-state index is 11.9. The average molecular weight is 313 g/mol. The predicted molar refractivity (Wildman–Crippen MR) is 83.6 cm³/mol. The van der Waals surface area contributed by atoms with Gasteiger partial charge in [-0.1, -0.05) is 30.3 Å². The maximum atomic E-state index is 11.9. The Bertz CT molecular complexity index is 758. The van der Waals surface area contributed by atoms with E-state index in [0.717, 1.165) is 17.2 Å². The van der Waals surface area contributed by atoms with Crippen LogP contribution < -0.4 is 10.9 Å². The molecular formula is C16H15N3O4. The van der Waals surface area contributed by atoms with Gasteiger partial charge in [0.25, 0.3) is 11.6 Å². The third-order valence-corrected chi connectivity index (χ3v) is 3.25. The van der Waals surface area contributed by atoms with Gasteiger partial charge >= 0.3 is 0 Å². The van der Waals surface area contributed by atoms with Crippen molar-refractivity contribution in [3.05, 3.63) is 75.3 Å². The second kappa shape index (κ2) is 7.17. The number of amides is 2. The van der Waals surface area contributed by atoms with Crippen LogP contribution in [0.3, 0.4) is 0 Å². The number of carbonyl (C=O) groups is 2. The Balaban J connectivity index is 1.94. The quantitative estimate of drug-likeness (QED) is 0.665. The van der Waals surface area contributed by atoms with Crippen LogP contribution in [0.5, 0.6) is 0 Å². The van der Waals surface area contributed by atoms with E-state index in [1.165, 1.54) is 18.2 Å². The minimum absolute atomic E-state index is 0.0930. The van der Waals surface area contributed by atoms with Crippen molar-refractivity contribution in [1.29, 1.82) is 0 Å². The summed E-state index contributed by atoms with van der Waals surface area (Å²) in [4.78, 5) is 33.8. The van der Waals surface area contributed by atoms with Crippen molar-refractivity contribution < 1.29 is 14.5 Å². The van der Waals surface area contributed by atoms with Crippen molar-refractivity contribution in [2.24, 2.45) is 0 Å². The Kier molecular flexibility index (Phi) is 5.03. The van der Waals surface area contributed by atoms with Crippen molar-refractivity contribution in [3.63, 3.8) is 0 Å². The van der Waals surface area contributed by atoms with Crippen molar-refractivity contribution in [2.45, 2.75) is 13.3 Å². The molecule has 0 fully saturated rings. The molecule has 2 rings (SSSR count). The highest BCUT2D eigenvalue weighted by Gasteiger charge is 2.12. The lowest BCUT2D eigenvalue weighted by Gasteiger charge is -2.08. The lowest BCUT2D eigenvalue weighted by atomic mass is 10.1. The van der Waals surface area contributed by atoms with E-state index in [1.54, 1.807) is 0 Å². The number of hydrogen-bond acceptors (Lipinski definition) is 4. The molecule has 118 valence electrons. The van der Waals surface area contributed by atoms with E-state index in [1.807, 2.05) is 31.2 Å². The van der Waals surface area contributed by atoms with E-state index >= 15 is 0 Å². The van der Waals surface area contributed by atoms with Crippen LogP contribution in [0.2, 0.25) is 0 Å². The molecule has 0 unspecified atom stereocenters. The van der Waals surface area contributed by atoms with E-state index in [2.05, 4.69) is 10.9 Å². The number of nitro benzene ring substituents is 1. The summed E-state index contributed by atoms with van der Waals surface area (Å²) in [5.74, 6) is -0.995. The van der Waals surface area contributed by atoms with Gasteiger partial charge < -0.3 is 0 Å². The number of nitrogens with zero attached hydrogens (tertiary/aromatic N) is 1. The van der Waals surface area contributed by atoms with E-state index in [9.17, 15) is 19.7 Å². The largest absolute Gasteiger partial charge is 0.273 e. The van der Waals surface area contributed by atoms with Crippen molar-refractivity contribution in [3.8, 4) is 0 Å². The molecule has 0 aliphatic carbocycles. The first-order valence-corrected chi connectivity index (χ1v) is 6.85. The summed E-state index contributed by atoms with van der Waals surface area (Å²) in [6, 6.07) is 12.7. The molecule has 7 heteroatoms. The van der Waals surface area contributed by atoms with Gasteiger partial charge in [-0.25, -0.2) is 0 Å². The van der Waals surface area contributed by atoms with Crippen molar-refractivity contribution >= 4 is 17.5 Å². The number of benzene rings is 2. The SMILES string of the molecule is Cc1ccccc1CC(=O)NNC(=O)c1cccc([N+](=O)[O-])c1. The average Bonchev–Trinajstić information content (AvgIpc) is 2.55. The molecule has 0 saturated carbocycles. The molecule has 0 heterocycles. The lowest BCUT2D eigenvalue weighted by Crippen LogP contribution is -2.42. The summed E-state index contributed by atoms with van der Waals surface area (Å²) in [7, 11) is 0. The first-order chi connectivity index (χ1) is 11.0. The summed E-state index contributed by atoms with van der Waals surface area (Å²) in [6.07, 6.45) is 0.127. The molecule has 0 atom stereocenters. The zero-order chi connectivity index (χ0) is 16.8. The summed E-state index contributed by atoms with van der Waals surface area (Å²) >= 11 is 0. The Morgan fingerprint density at radius 2 is 1.83 bits per heavy atom. The lowest BCUT2D eigenvalue weighted by molar-refractivity contribution is -0.384. The van der Waals surface area contributed by atoms with Crippen LogP contribution in [0, 0.1) is 17.0 Å². The summed E-state index contributed by atoms with van der Waals surface area (Å²) < 4.78 is 0. The number of nitro groups is 1. The molecule has 0 radical (unpaired) electrons. The Hall–Kier alpha value is -3.22. The van der Waals surface area contributed by atoms with Crippen LogP contribution in [-0.2, 0) is 11.2 Å². The Morgan fingerprint density at radius 1 is 1.09 bits per heavy atom. The maximum Gasteiger partial charge on any atom is 0.270 e. The number of hydrazine groups is 1. The summed E-state index contributed by atoms with van der Waals surface area (Å²) in [6.45, 7) is 1.89. The Morgan fingerprint density at radius 3 is 2.52 bits per heavy atom. The molecule has 2 aromatic rings. The fourth-order valence-electron chi connectivity index (χ4n) is 1.98. The minimum Gasteiger partial charge on any atom is -0.273 e. The molecule has 0 spiro atoms. The summed E-state index contributed by atoms with van der Waals surface area (Å²) in [5.41, 5.74) is 6.28. The molecular weight excluding hydrogens is 298 g/mol. The van der Waals surface area contributed by atoms with E-state index in [0.29, 0.717) is 0 Å². The van der Waals surface area contributed by atoms with Gasteiger partial charge in [0.15, 0.2) is 0 Å². The predicted octanol–water partition coefficient (Wildman–Crippen LogP) is 1.91. The number of carbonyl (C=O) groups excluding carboxylic acids is 2. The van der Waals surface area contributed by atoms with Crippen LogP contribution in [-0.4, -0.2) is 16.7 Å². The van der Waals surface area contributed by atoms with Gasteiger partial charge in [-0.15, -0.1) is 0 Å². The number of nitrogens with one attached hydrogen (secondary N) is 2. The molecule has 2 amide bonds. The highest BCUT2D eigenvalue weighted by molar-refractivity contribution is 5.96. The fourth-order valence-corrected chi connectivity index (χ4v) is 1.98. The highest BCUT2D eigenvalue weighted by Crippen LogP contribution is 2.12. The van der Waals surface area contributed by atoms with Gasteiger partial charge in [-0.2, -0.15) is 0 Å². The smallest absolute Gasteiger partial charge is 0.270 e. The minimum atomic E-state index is -0.619. The van der Waals surface area contributed by atoms with Crippen LogP contribution in [0.4, 0.5) is 5.69 Å². The van der Waals surface area contributed by atoms with E-state index < -0.39 is 10.8 Å². The van der Waals surface area contributed by atoms with Crippen molar-refractivity contribution in [2.75, 3.05) is 0 Å². The van der Waals surface area contributed by atoms with Gasteiger partial charge in [-0.05, 0) is 24.1 Å². The monoisotopic (exact) mass is 313 g/mol. The van der Waals surface area contributed by atoms with Gasteiger partial charge in [0.2, 0.25) is 5.91 Å². The second-order valence-electron chi connectivity index (χ2n) is 4.91. The Labute approximate surface area is 132 Å². The third-order valence-electron chi connectivity index (χ3n) is 3.25. The van der Waals surface area contributed by atoms with E-state index in [-0.39, 0.29) is 23.6 Å². The zero-order valence-electron chi connectivity index (χ0n) is 12.4. The topological polar surface area (TPSA) is 101 Å². The highest BCUT2D eigenvalue weighted by atomic mass is 16.6. The third kappa shape index (κ3) is 4.37. The van der Waals surface area contributed by atoms with Gasteiger partial charge in [-0.3, -0.25) is 30.6 Å². The number of rotatable bonds is 4. The van der Waals surface area contributed by atoms with Gasteiger partial charge in [0.05, 0.1) is 11.3 Å². The second-order valence-corrected chi connectivity index (χ2v) is 4.91. The van der Waals surface area contributed by atoms with Gasteiger partial charge in [0, 0.05) is 17.7 Å². The molecule has 7 nitrogen and oxygen atoms in total. The molecule has 0 aromatic heterocycles. The van der Waals surface area contributed by atoms with Crippen LogP contribution >= 0.6 is 0 Å². The van der Waals surface area contributed by atoms with Gasteiger partial charge in [0.1, 0.15) is 0 Å². The first-order valence-electron chi connectivity index (χ1n) is 6.85. The van der Waals surface area contributed by atoms with Crippen LogP contribution in [0.15, 0.2) is 48.5 Å². The fraction of sp³-hybridized carbons (Fsp3) is 0.125. The molecule has 2 N–H and O–H groups in total. The zero-order valence-corrected chi connectivity index (χ0v) is 12.4. The van der Waals surface area contributed by atoms with Crippen LogP contribution in [0.1, 0.15) is 21.5 Å². The normalized spacial score (nSPS) is 9.96. The molecule has 2 aromatic carbocycles. The number of non-ortho nitro benzene ring substituents is 1. The molecule has 0 bridgehead atoms. The number of hydrogen-bond donors (Lipinski definition) is 2. The molecule has 23 heavy (non-hydrogen) atoms. The van der Waals surface area contributed by atoms with E-state index in [4.69, 9.17) is 0 Å². The standard InChI is InChI=1S/C16H15N3O4/c1-11-5-2-3-6-12(11)10-15(20)17-18-16(21)13-7-4-8-14(9-13)19(22)23/h2-9H,10H2,1H3,(H,17,20)(H,18,21). The molecule has 0 aliphatic heterocycles. The summed E-state index contributed by atoms with van der Waals surface area (Å²) in [5, 5.41) is 10.7. The molecule has 0 aliphatic rings.